The van der Waals surface area contributed by atoms with Crippen molar-refractivity contribution in [3.63, 3.8) is 0 Å². The topological polar surface area (TPSA) is 69.1 Å². The van der Waals surface area contributed by atoms with E-state index >= 15 is 0 Å². The molecule has 2 heterocycles. The van der Waals surface area contributed by atoms with Gasteiger partial charge in [-0.2, -0.15) is 0 Å². The molecule has 5 heteroatoms. The normalized spacial score (nSPS) is 11.1. The molecular weight excluding hydrogens is 202 g/mol. The Balaban J connectivity index is 1.89. The first-order chi connectivity index (χ1) is 7.92. The molecule has 0 saturated carbocycles. The van der Waals surface area contributed by atoms with Crippen LogP contribution in [0.1, 0.15) is 31.5 Å². The highest BCUT2D eigenvalue weighted by molar-refractivity contribution is 5.35. The minimum absolute atomic E-state index is 0.789. The SMILES string of the molecule is NCCCCCCc1nnc2ccncn12. The van der Waals surface area contributed by atoms with Crippen molar-refractivity contribution in [3.05, 3.63) is 24.4 Å². The van der Waals surface area contributed by atoms with Gasteiger partial charge in [0.25, 0.3) is 0 Å². The van der Waals surface area contributed by atoms with E-state index < -0.39 is 0 Å². The average Bonchev–Trinajstić information content (AvgIpc) is 2.73. The molecule has 16 heavy (non-hydrogen) atoms. The molecule has 0 amide bonds. The van der Waals surface area contributed by atoms with Crippen molar-refractivity contribution in [2.75, 3.05) is 6.54 Å². The summed E-state index contributed by atoms with van der Waals surface area (Å²) >= 11 is 0. The Labute approximate surface area is 94.7 Å². The van der Waals surface area contributed by atoms with Gasteiger partial charge < -0.3 is 5.73 Å². The molecule has 0 saturated heterocycles. The van der Waals surface area contributed by atoms with E-state index in [0.717, 1.165) is 37.3 Å². The van der Waals surface area contributed by atoms with E-state index in [9.17, 15) is 0 Å². The first-order valence-corrected chi connectivity index (χ1v) is 5.75. The fourth-order valence-electron chi connectivity index (χ4n) is 1.74. The van der Waals surface area contributed by atoms with Gasteiger partial charge in [0.2, 0.25) is 0 Å². The van der Waals surface area contributed by atoms with E-state index in [-0.39, 0.29) is 0 Å². The molecule has 5 nitrogen and oxygen atoms in total. The second kappa shape index (κ2) is 5.55. The van der Waals surface area contributed by atoms with Crippen LogP contribution in [0.3, 0.4) is 0 Å². The number of aryl methyl sites for hydroxylation is 1. The highest BCUT2D eigenvalue weighted by atomic mass is 15.3. The molecule has 0 fully saturated rings. The molecule has 2 aromatic heterocycles. The number of nitrogens with two attached hydrogens (primary N) is 1. The zero-order valence-corrected chi connectivity index (χ0v) is 9.34. The Bertz CT molecular complexity index is 437. The van der Waals surface area contributed by atoms with Crippen LogP contribution in [-0.2, 0) is 6.42 Å². The molecule has 0 aliphatic carbocycles. The van der Waals surface area contributed by atoms with Crippen LogP contribution in [0.25, 0.3) is 5.65 Å². The smallest absolute Gasteiger partial charge is 0.163 e. The Morgan fingerprint density at radius 3 is 2.88 bits per heavy atom. The molecule has 0 aliphatic rings. The fourth-order valence-corrected chi connectivity index (χ4v) is 1.74. The van der Waals surface area contributed by atoms with Crippen LogP contribution in [0.4, 0.5) is 0 Å². The second-order valence-electron chi connectivity index (χ2n) is 3.88. The third kappa shape index (κ3) is 2.55. The lowest BCUT2D eigenvalue weighted by molar-refractivity contribution is 0.632. The van der Waals surface area contributed by atoms with Crippen LogP contribution in [0, 0.1) is 0 Å². The summed E-state index contributed by atoms with van der Waals surface area (Å²) in [4.78, 5) is 4.07. The molecule has 0 bridgehead atoms. The first-order valence-electron chi connectivity index (χ1n) is 5.75. The van der Waals surface area contributed by atoms with Gasteiger partial charge >= 0.3 is 0 Å². The standard InChI is InChI=1S/C11H17N5/c12-7-4-2-1-3-5-10-14-15-11-6-8-13-9-16(10)11/h6,8-9H,1-5,7,12H2. The van der Waals surface area contributed by atoms with Crippen LogP contribution in [-0.4, -0.2) is 26.1 Å². The zero-order valence-electron chi connectivity index (χ0n) is 9.34. The summed E-state index contributed by atoms with van der Waals surface area (Å²) in [5, 5.41) is 8.25. The van der Waals surface area contributed by atoms with Gasteiger partial charge in [0, 0.05) is 18.7 Å². The number of unbranched alkanes of at least 4 members (excludes halogenated alkanes) is 3. The monoisotopic (exact) mass is 219 g/mol. The minimum Gasteiger partial charge on any atom is -0.330 e. The van der Waals surface area contributed by atoms with E-state index in [1.165, 1.54) is 12.8 Å². The maximum absolute atomic E-state index is 5.45. The number of nitrogens with zero attached hydrogens (tertiary/aromatic N) is 4. The van der Waals surface area contributed by atoms with Crippen LogP contribution >= 0.6 is 0 Å². The summed E-state index contributed by atoms with van der Waals surface area (Å²) in [5.41, 5.74) is 6.31. The third-order valence-corrected chi connectivity index (χ3v) is 2.64. The van der Waals surface area contributed by atoms with Crippen LogP contribution in [0.2, 0.25) is 0 Å². The Morgan fingerprint density at radius 1 is 1.12 bits per heavy atom. The summed E-state index contributed by atoms with van der Waals surface area (Å²) in [6, 6.07) is 1.87. The molecule has 0 unspecified atom stereocenters. The third-order valence-electron chi connectivity index (χ3n) is 2.64. The van der Waals surface area contributed by atoms with Crippen molar-refractivity contribution in [1.29, 1.82) is 0 Å². The van der Waals surface area contributed by atoms with E-state index in [2.05, 4.69) is 15.2 Å². The van der Waals surface area contributed by atoms with Crippen molar-refractivity contribution in [2.24, 2.45) is 5.73 Å². The average molecular weight is 219 g/mol. The van der Waals surface area contributed by atoms with E-state index in [1.807, 2.05) is 10.5 Å². The van der Waals surface area contributed by atoms with Gasteiger partial charge in [-0.3, -0.25) is 4.40 Å². The lowest BCUT2D eigenvalue weighted by atomic mass is 10.1. The number of rotatable bonds is 6. The summed E-state index contributed by atoms with van der Waals surface area (Å²) in [6.45, 7) is 0.789. The lowest BCUT2D eigenvalue weighted by Crippen LogP contribution is -1.99. The molecule has 0 aliphatic heterocycles. The quantitative estimate of drug-likeness (QED) is 0.741. The van der Waals surface area contributed by atoms with Gasteiger partial charge in [-0.05, 0) is 19.4 Å². The summed E-state index contributed by atoms with van der Waals surface area (Å²) < 4.78 is 1.95. The zero-order chi connectivity index (χ0) is 11.2. The lowest BCUT2D eigenvalue weighted by Gasteiger charge is -1.99. The molecule has 2 rings (SSSR count). The predicted octanol–water partition coefficient (Wildman–Crippen LogP) is 1.19. The van der Waals surface area contributed by atoms with Crippen molar-refractivity contribution in [1.82, 2.24) is 19.6 Å². The maximum atomic E-state index is 5.45. The van der Waals surface area contributed by atoms with Crippen molar-refractivity contribution < 1.29 is 0 Å². The van der Waals surface area contributed by atoms with Gasteiger partial charge in [0.15, 0.2) is 5.65 Å². The van der Waals surface area contributed by atoms with Crippen molar-refractivity contribution in [2.45, 2.75) is 32.1 Å². The summed E-state index contributed by atoms with van der Waals surface area (Å²) in [5.74, 6) is 0.996. The fraction of sp³-hybridized carbons (Fsp3) is 0.545. The van der Waals surface area contributed by atoms with E-state index in [1.54, 1.807) is 12.5 Å². The molecule has 86 valence electrons. The molecule has 2 N–H and O–H groups in total. The van der Waals surface area contributed by atoms with Crippen LogP contribution in [0.15, 0.2) is 18.6 Å². The second-order valence-corrected chi connectivity index (χ2v) is 3.88. The van der Waals surface area contributed by atoms with Crippen LogP contribution in [0.5, 0.6) is 0 Å². The number of fused-ring (bicyclic) bond motifs is 1. The van der Waals surface area contributed by atoms with Gasteiger partial charge in [-0.25, -0.2) is 4.98 Å². The molecule has 0 aromatic carbocycles. The van der Waals surface area contributed by atoms with Gasteiger partial charge in [-0.15, -0.1) is 10.2 Å². The van der Waals surface area contributed by atoms with Crippen molar-refractivity contribution >= 4 is 5.65 Å². The Kier molecular flexibility index (Phi) is 3.82. The van der Waals surface area contributed by atoms with Gasteiger partial charge in [0.05, 0.1) is 0 Å². The van der Waals surface area contributed by atoms with Crippen molar-refractivity contribution in [3.8, 4) is 0 Å². The number of hydrogen-bond donors (Lipinski definition) is 1. The minimum atomic E-state index is 0.789. The largest absolute Gasteiger partial charge is 0.330 e. The molecule has 0 radical (unpaired) electrons. The van der Waals surface area contributed by atoms with E-state index in [4.69, 9.17) is 5.73 Å². The Hall–Kier alpha value is -1.49. The number of hydrogen-bond acceptors (Lipinski definition) is 4. The molecular formula is C11H17N5. The molecule has 0 atom stereocenters. The first kappa shape index (κ1) is 11.0. The van der Waals surface area contributed by atoms with Crippen LogP contribution < -0.4 is 5.73 Å². The molecule has 2 aromatic rings. The summed E-state index contributed by atoms with van der Waals surface area (Å²) in [7, 11) is 0. The van der Waals surface area contributed by atoms with Gasteiger partial charge in [-0.1, -0.05) is 12.8 Å². The highest BCUT2D eigenvalue weighted by Gasteiger charge is 2.03. The molecule has 0 spiro atoms. The van der Waals surface area contributed by atoms with Gasteiger partial charge in [0.1, 0.15) is 12.2 Å². The highest BCUT2D eigenvalue weighted by Crippen LogP contribution is 2.07. The number of aromatic nitrogens is 4. The van der Waals surface area contributed by atoms with E-state index in [0.29, 0.717) is 0 Å². The Morgan fingerprint density at radius 2 is 2.00 bits per heavy atom. The summed E-state index contributed by atoms with van der Waals surface area (Å²) in [6.07, 6.45) is 9.10. The predicted molar refractivity (Wildman–Crippen MR) is 62.0 cm³/mol. The maximum Gasteiger partial charge on any atom is 0.163 e.